The van der Waals surface area contributed by atoms with Crippen LogP contribution in [0.25, 0.3) is 0 Å². The summed E-state index contributed by atoms with van der Waals surface area (Å²) in [5.74, 6) is 0. The molecule has 0 saturated carbocycles. The zero-order valence-corrected chi connectivity index (χ0v) is 10.9. The molecule has 0 aliphatic carbocycles. The monoisotopic (exact) mass is 245 g/mol. The quantitative estimate of drug-likeness (QED) is 0.862. The number of benzene rings is 1. The van der Waals surface area contributed by atoms with E-state index in [0.717, 1.165) is 24.3 Å². The van der Waals surface area contributed by atoms with Crippen LogP contribution in [0.4, 0.5) is 5.69 Å². The number of hydrogen-bond donors (Lipinski definition) is 1. The predicted molar refractivity (Wildman–Crippen MR) is 72.1 cm³/mol. The van der Waals surface area contributed by atoms with Crippen LogP contribution in [0.3, 0.4) is 0 Å². The van der Waals surface area contributed by atoms with Crippen molar-refractivity contribution < 1.29 is 0 Å². The number of rotatable bonds is 5. The molecule has 0 atom stereocenters. The molecule has 2 aromatic rings. The van der Waals surface area contributed by atoms with Gasteiger partial charge in [0, 0.05) is 32.0 Å². The number of aromatic nitrogens is 3. The van der Waals surface area contributed by atoms with E-state index in [9.17, 15) is 0 Å². The zero-order valence-electron chi connectivity index (χ0n) is 10.9. The third kappa shape index (κ3) is 2.87. The van der Waals surface area contributed by atoms with Gasteiger partial charge in [-0.2, -0.15) is 0 Å². The van der Waals surface area contributed by atoms with Crippen molar-refractivity contribution in [3.63, 3.8) is 0 Å². The molecule has 2 N–H and O–H groups in total. The second-order valence-electron chi connectivity index (χ2n) is 4.27. The fraction of sp³-hybridized carbons (Fsp3) is 0.385. The molecular formula is C13H19N5. The topological polar surface area (TPSA) is 60.0 Å². The van der Waals surface area contributed by atoms with Crippen LogP contribution in [0.1, 0.15) is 18.2 Å². The van der Waals surface area contributed by atoms with Gasteiger partial charge < -0.3 is 10.6 Å². The van der Waals surface area contributed by atoms with Crippen molar-refractivity contribution in [2.75, 3.05) is 11.4 Å². The molecule has 0 unspecified atom stereocenters. The average Bonchev–Trinajstić information content (AvgIpc) is 2.82. The van der Waals surface area contributed by atoms with Crippen LogP contribution in [0, 0.1) is 0 Å². The molecule has 0 aliphatic heterocycles. The Hall–Kier alpha value is -1.88. The summed E-state index contributed by atoms with van der Waals surface area (Å²) in [7, 11) is 1.88. The summed E-state index contributed by atoms with van der Waals surface area (Å²) >= 11 is 0. The normalized spacial score (nSPS) is 10.6. The second kappa shape index (κ2) is 5.64. The predicted octanol–water partition coefficient (Wildman–Crippen LogP) is 1.30. The fourth-order valence-electron chi connectivity index (χ4n) is 1.89. The van der Waals surface area contributed by atoms with Crippen LogP contribution in [0.5, 0.6) is 0 Å². The molecular weight excluding hydrogens is 226 g/mol. The van der Waals surface area contributed by atoms with Crippen molar-refractivity contribution in [2.24, 2.45) is 12.8 Å². The van der Waals surface area contributed by atoms with Crippen LogP contribution in [0.15, 0.2) is 30.5 Å². The lowest BCUT2D eigenvalue weighted by Gasteiger charge is -2.22. The molecule has 0 fully saturated rings. The largest absolute Gasteiger partial charge is 0.366 e. The summed E-state index contributed by atoms with van der Waals surface area (Å²) in [6.45, 7) is 4.41. The fourth-order valence-corrected chi connectivity index (χ4v) is 1.89. The molecule has 0 radical (unpaired) electrons. The van der Waals surface area contributed by atoms with E-state index in [1.54, 1.807) is 4.68 Å². The Morgan fingerprint density at radius 1 is 1.28 bits per heavy atom. The van der Waals surface area contributed by atoms with Gasteiger partial charge >= 0.3 is 0 Å². The highest BCUT2D eigenvalue weighted by Crippen LogP contribution is 2.17. The molecule has 96 valence electrons. The van der Waals surface area contributed by atoms with Gasteiger partial charge in [0.15, 0.2) is 0 Å². The lowest BCUT2D eigenvalue weighted by Crippen LogP contribution is -2.22. The highest BCUT2D eigenvalue weighted by Gasteiger charge is 2.07. The standard InChI is InChI=1S/C13H19N5/c1-3-18(10-12-9-17(2)16-15-12)13-6-4-11(8-14)5-7-13/h4-7,9H,3,8,10,14H2,1-2H3. The van der Waals surface area contributed by atoms with Gasteiger partial charge in [0.2, 0.25) is 0 Å². The first kappa shape index (κ1) is 12.6. The van der Waals surface area contributed by atoms with Crippen molar-refractivity contribution in [2.45, 2.75) is 20.0 Å². The number of aryl methyl sites for hydroxylation is 1. The third-order valence-electron chi connectivity index (χ3n) is 2.92. The van der Waals surface area contributed by atoms with E-state index in [-0.39, 0.29) is 0 Å². The number of nitrogens with two attached hydrogens (primary N) is 1. The van der Waals surface area contributed by atoms with Gasteiger partial charge in [-0.25, -0.2) is 0 Å². The van der Waals surface area contributed by atoms with Crippen LogP contribution in [0.2, 0.25) is 0 Å². The Morgan fingerprint density at radius 3 is 2.50 bits per heavy atom. The molecule has 0 aliphatic rings. The van der Waals surface area contributed by atoms with E-state index in [0.29, 0.717) is 6.54 Å². The number of hydrogen-bond acceptors (Lipinski definition) is 4. The molecule has 1 aromatic carbocycles. The zero-order chi connectivity index (χ0) is 13.0. The summed E-state index contributed by atoms with van der Waals surface area (Å²) < 4.78 is 1.72. The van der Waals surface area contributed by atoms with Crippen LogP contribution < -0.4 is 10.6 Å². The van der Waals surface area contributed by atoms with Crippen molar-refractivity contribution in [3.8, 4) is 0 Å². The van der Waals surface area contributed by atoms with E-state index >= 15 is 0 Å². The smallest absolute Gasteiger partial charge is 0.102 e. The molecule has 5 heteroatoms. The van der Waals surface area contributed by atoms with Gasteiger partial charge in [-0.1, -0.05) is 17.3 Å². The van der Waals surface area contributed by atoms with Gasteiger partial charge in [0.05, 0.1) is 6.54 Å². The lowest BCUT2D eigenvalue weighted by atomic mass is 10.2. The van der Waals surface area contributed by atoms with Crippen LogP contribution >= 0.6 is 0 Å². The lowest BCUT2D eigenvalue weighted by molar-refractivity contribution is 0.711. The van der Waals surface area contributed by atoms with Gasteiger partial charge in [0.1, 0.15) is 5.69 Å². The Balaban J connectivity index is 2.12. The Morgan fingerprint density at radius 2 is 2.00 bits per heavy atom. The molecule has 2 rings (SSSR count). The number of anilines is 1. The molecule has 0 amide bonds. The molecule has 5 nitrogen and oxygen atoms in total. The Bertz CT molecular complexity index is 488. The van der Waals surface area contributed by atoms with Gasteiger partial charge in [-0.05, 0) is 24.6 Å². The number of nitrogens with zero attached hydrogens (tertiary/aromatic N) is 4. The summed E-state index contributed by atoms with van der Waals surface area (Å²) in [5.41, 5.74) is 8.90. The first-order chi connectivity index (χ1) is 8.72. The SMILES string of the molecule is CCN(Cc1cn(C)nn1)c1ccc(CN)cc1. The minimum absolute atomic E-state index is 0.580. The van der Waals surface area contributed by atoms with Crippen LogP contribution in [-0.2, 0) is 20.1 Å². The molecule has 1 heterocycles. The van der Waals surface area contributed by atoms with Crippen molar-refractivity contribution in [1.29, 1.82) is 0 Å². The molecule has 0 saturated heterocycles. The van der Waals surface area contributed by atoms with Gasteiger partial charge in [-0.15, -0.1) is 5.10 Å². The maximum Gasteiger partial charge on any atom is 0.102 e. The van der Waals surface area contributed by atoms with Crippen molar-refractivity contribution >= 4 is 5.69 Å². The highest BCUT2D eigenvalue weighted by molar-refractivity contribution is 5.47. The van der Waals surface area contributed by atoms with E-state index in [4.69, 9.17) is 5.73 Å². The van der Waals surface area contributed by atoms with Crippen LogP contribution in [-0.4, -0.2) is 21.5 Å². The van der Waals surface area contributed by atoms with E-state index in [1.165, 1.54) is 5.69 Å². The summed E-state index contributed by atoms with van der Waals surface area (Å²) in [6.07, 6.45) is 1.94. The van der Waals surface area contributed by atoms with E-state index in [2.05, 4.69) is 46.4 Å². The highest BCUT2D eigenvalue weighted by atomic mass is 15.4. The minimum Gasteiger partial charge on any atom is -0.366 e. The van der Waals surface area contributed by atoms with E-state index < -0.39 is 0 Å². The summed E-state index contributed by atoms with van der Waals surface area (Å²) in [5, 5.41) is 8.06. The van der Waals surface area contributed by atoms with Crippen molar-refractivity contribution in [1.82, 2.24) is 15.0 Å². The summed E-state index contributed by atoms with van der Waals surface area (Å²) in [4.78, 5) is 2.25. The maximum absolute atomic E-state index is 5.60. The first-order valence-corrected chi connectivity index (χ1v) is 6.12. The maximum atomic E-state index is 5.60. The molecule has 1 aromatic heterocycles. The molecule has 0 spiro atoms. The average molecular weight is 245 g/mol. The van der Waals surface area contributed by atoms with Gasteiger partial charge in [0.25, 0.3) is 0 Å². The molecule has 18 heavy (non-hydrogen) atoms. The summed E-state index contributed by atoms with van der Waals surface area (Å²) in [6, 6.07) is 8.33. The Labute approximate surface area is 107 Å². The van der Waals surface area contributed by atoms with Crippen molar-refractivity contribution in [3.05, 3.63) is 41.7 Å². The van der Waals surface area contributed by atoms with Gasteiger partial charge in [-0.3, -0.25) is 4.68 Å². The first-order valence-electron chi connectivity index (χ1n) is 6.12. The third-order valence-corrected chi connectivity index (χ3v) is 2.92. The second-order valence-corrected chi connectivity index (χ2v) is 4.27. The minimum atomic E-state index is 0.580. The van der Waals surface area contributed by atoms with E-state index in [1.807, 2.05) is 13.2 Å². The Kier molecular flexibility index (Phi) is 3.94. The molecule has 0 bridgehead atoms.